The zero-order valence-electron chi connectivity index (χ0n) is 11.1. The second kappa shape index (κ2) is 4.49. The van der Waals surface area contributed by atoms with Crippen molar-refractivity contribution in [1.29, 1.82) is 0 Å². The fraction of sp³-hybridized carbons (Fsp3) is 0.500. The molecule has 0 N–H and O–H groups in total. The van der Waals surface area contributed by atoms with Gasteiger partial charge in [0.1, 0.15) is 12.1 Å². The van der Waals surface area contributed by atoms with E-state index in [0.717, 1.165) is 37.7 Å². The van der Waals surface area contributed by atoms with Gasteiger partial charge in [0, 0.05) is 44.9 Å². The molecule has 0 unspecified atom stereocenters. The number of hydrogen-bond acceptors (Lipinski definition) is 5. The normalized spacial score (nSPS) is 16.1. The molecule has 100 valence electrons. The van der Waals surface area contributed by atoms with Crippen molar-refractivity contribution in [3.05, 3.63) is 18.1 Å². The molecule has 0 atom stereocenters. The third-order valence-electron chi connectivity index (χ3n) is 3.41. The predicted octanol–water partition coefficient (Wildman–Crippen LogP) is 0.101. The van der Waals surface area contributed by atoms with Gasteiger partial charge in [-0.3, -0.25) is 4.79 Å². The van der Waals surface area contributed by atoms with E-state index in [1.807, 2.05) is 17.9 Å². The number of piperazine rings is 1. The number of carbonyl (C=O) groups excluding carboxylic acids is 1. The summed E-state index contributed by atoms with van der Waals surface area (Å²) >= 11 is 0. The lowest BCUT2D eigenvalue weighted by Gasteiger charge is -2.35. The van der Waals surface area contributed by atoms with E-state index < -0.39 is 0 Å². The van der Waals surface area contributed by atoms with Crippen molar-refractivity contribution in [3.63, 3.8) is 0 Å². The highest BCUT2D eigenvalue weighted by atomic mass is 16.2. The molecule has 1 aliphatic rings. The van der Waals surface area contributed by atoms with E-state index in [4.69, 9.17) is 0 Å². The molecule has 7 heteroatoms. The van der Waals surface area contributed by atoms with Crippen LogP contribution in [0.15, 0.2) is 12.4 Å². The third kappa shape index (κ3) is 2.11. The summed E-state index contributed by atoms with van der Waals surface area (Å²) in [4.78, 5) is 23.9. The molecular formula is C12H16N6O. The molecule has 1 aliphatic heterocycles. The van der Waals surface area contributed by atoms with Gasteiger partial charge in [0.05, 0.1) is 0 Å². The highest BCUT2D eigenvalue weighted by Gasteiger charge is 2.21. The van der Waals surface area contributed by atoms with Gasteiger partial charge in [-0.25, -0.2) is 4.98 Å². The van der Waals surface area contributed by atoms with Crippen molar-refractivity contribution in [1.82, 2.24) is 24.5 Å². The van der Waals surface area contributed by atoms with Crippen molar-refractivity contribution in [3.8, 4) is 0 Å². The first kappa shape index (κ1) is 11.9. The Hall–Kier alpha value is -2.18. The maximum absolute atomic E-state index is 11.3. The molecule has 1 saturated heterocycles. The molecule has 0 saturated carbocycles. The van der Waals surface area contributed by atoms with Crippen molar-refractivity contribution < 1.29 is 4.79 Å². The summed E-state index contributed by atoms with van der Waals surface area (Å²) in [7, 11) is 0. The molecule has 3 rings (SSSR count). The lowest BCUT2D eigenvalue weighted by molar-refractivity contribution is -0.129. The molecule has 3 heterocycles. The van der Waals surface area contributed by atoms with Crippen LogP contribution >= 0.6 is 0 Å². The maximum Gasteiger partial charge on any atom is 0.254 e. The summed E-state index contributed by atoms with van der Waals surface area (Å²) in [5.41, 5.74) is 0.921. The number of aromatic nitrogens is 4. The average Bonchev–Trinajstić information content (AvgIpc) is 2.85. The fourth-order valence-corrected chi connectivity index (χ4v) is 2.39. The highest BCUT2D eigenvalue weighted by Crippen LogP contribution is 2.17. The van der Waals surface area contributed by atoms with E-state index >= 15 is 0 Å². The molecule has 0 aromatic carbocycles. The van der Waals surface area contributed by atoms with Crippen LogP contribution in [0.5, 0.6) is 0 Å². The number of carbonyl (C=O) groups is 1. The summed E-state index contributed by atoms with van der Waals surface area (Å²) in [5.74, 6) is 1.74. The highest BCUT2D eigenvalue weighted by molar-refractivity contribution is 5.73. The van der Waals surface area contributed by atoms with Crippen LogP contribution in [0.3, 0.4) is 0 Å². The second-order valence-electron chi connectivity index (χ2n) is 4.72. The summed E-state index contributed by atoms with van der Waals surface area (Å²) in [6.45, 7) is 6.65. The second-order valence-corrected chi connectivity index (χ2v) is 4.72. The van der Waals surface area contributed by atoms with Gasteiger partial charge in [-0.05, 0) is 6.92 Å². The van der Waals surface area contributed by atoms with Crippen molar-refractivity contribution in [2.24, 2.45) is 0 Å². The summed E-state index contributed by atoms with van der Waals surface area (Å²) in [5, 5.41) is 4.21. The summed E-state index contributed by atoms with van der Waals surface area (Å²) in [6, 6.07) is 2.01. The zero-order valence-corrected chi connectivity index (χ0v) is 11.1. The molecule has 0 bridgehead atoms. The smallest absolute Gasteiger partial charge is 0.254 e. The predicted molar refractivity (Wildman–Crippen MR) is 70.0 cm³/mol. The van der Waals surface area contributed by atoms with Crippen molar-refractivity contribution in [2.45, 2.75) is 13.8 Å². The molecule has 1 fully saturated rings. The summed E-state index contributed by atoms with van der Waals surface area (Å²) in [6.07, 6.45) is 1.51. The third-order valence-corrected chi connectivity index (χ3v) is 3.41. The monoisotopic (exact) mass is 260 g/mol. The Morgan fingerprint density at radius 3 is 2.68 bits per heavy atom. The van der Waals surface area contributed by atoms with Gasteiger partial charge in [-0.2, -0.15) is 14.6 Å². The van der Waals surface area contributed by atoms with E-state index in [-0.39, 0.29) is 5.91 Å². The minimum atomic E-state index is 0.136. The Kier molecular flexibility index (Phi) is 2.81. The quantitative estimate of drug-likeness (QED) is 0.727. The van der Waals surface area contributed by atoms with E-state index in [1.165, 1.54) is 6.33 Å². The standard InChI is InChI=1S/C12H16N6O/c1-9-7-11(18-12(15-9)13-8-14-18)17-5-3-16(4-6-17)10(2)19/h7-8H,3-6H2,1-2H3. The lowest BCUT2D eigenvalue weighted by atomic mass is 10.3. The number of aryl methyl sites for hydroxylation is 1. The molecule has 0 radical (unpaired) electrons. The van der Waals surface area contributed by atoms with E-state index in [1.54, 1.807) is 11.4 Å². The maximum atomic E-state index is 11.3. The van der Waals surface area contributed by atoms with Crippen LogP contribution in [0.1, 0.15) is 12.6 Å². The molecule has 2 aromatic rings. The topological polar surface area (TPSA) is 66.6 Å². The Morgan fingerprint density at radius 2 is 2.00 bits per heavy atom. The number of nitrogens with zero attached hydrogens (tertiary/aromatic N) is 6. The van der Waals surface area contributed by atoms with E-state index in [9.17, 15) is 4.79 Å². The van der Waals surface area contributed by atoms with Crippen LogP contribution in [0.25, 0.3) is 5.78 Å². The lowest BCUT2D eigenvalue weighted by Crippen LogP contribution is -2.48. The largest absolute Gasteiger partial charge is 0.353 e. The van der Waals surface area contributed by atoms with Gasteiger partial charge >= 0.3 is 0 Å². The Morgan fingerprint density at radius 1 is 1.26 bits per heavy atom. The van der Waals surface area contributed by atoms with Gasteiger partial charge in [0.25, 0.3) is 5.78 Å². The van der Waals surface area contributed by atoms with E-state index in [0.29, 0.717) is 5.78 Å². The Labute approximate surface area is 110 Å². The number of hydrogen-bond donors (Lipinski definition) is 0. The zero-order chi connectivity index (χ0) is 13.4. The van der Waals surface area contributed by atoms with Crippen LogP contribution < -0.4 is 4.90 Å². The van der Waals surface area contributed by atoms with Crippen molar-refractivity contribution >= 4 is 17.5 Å². The first-order valence-electron chi connectivity index (χ1n) is 6.33. The number of rotatable bonds is 1. The minimum Gasteiger partial charge on any atom is -0.353 e. The number of amides is 1. The average molecular weight is 260 g/mol. The van der Waals surface area contributed by atoms with Crippen LogP contribution in [0.2, 0.25) is 0 Å². The van der Waals surface area contributed by atoms with Gasteiger partial charge in [0.2, 0.25) is 5.91 Å². The molecule has 1 amide bonds. The Bertz CT molecular complexity index is 614. The van der Waals surface area contributed by atoms with Gasteiger partial charge in [-0.1, -0.05) is 0 Å². The SMILES string of the molecule is CC(=O)N1CCN(c2cc(C)nc3ncnn23)CC1. The first-order valence-corrected chi connectivity index (χ1v) is 6.33. The molecular weight excluding hydrogens is 244 g/mol. The van der Waals surface area contributed by atoms with Gasteiger partial charge in [0.15, 0.2) is 0 Å². The molecule has 7 nitrogen and oxygen atoms in total. The summed E-state index contributed by atoms with van der Waals surface area (Å²) < 4.78 is 1.75. The van der Waals surface area contributed by atoms with Gasteiger partial charge in [-0.15, -0.1) is 0 Å². The van der Waals surface area contributed by atoms with Crippen LogP contribution in [0, 0.1) is 6.92 Å². The number of anilines is 1. The molecule has 2 aromatic heterocycles. The first-order chi connectivity index (χ1) is 9.15. The van der Waals surface area contributed by atoms with Crippen molar-refractivity contribution in [2.75, 3.05) is 31.1 Å². The van der Waals surface area contributed by atoms with Crippen LogP contribution in [-0.4, -0.2) is 56.6 Å². The number of fused-ring (bicyclic) bond motifs is 1. The fourth-order valence-electron chi connectivity index (χ4n) is 2.39. The molecule has 0 aliphatic carbocycles. The van der Waals surface area contributed by atoms with Crippen LogP contribution in [-0.2, 0) is 4.79 Å². The molecule has 0 spiro atoms. The minimum absolute atomic E-state index is 0.136. The van der Waals surface area contributed by atoms with Crippen LogP contribution in [0.4, 0.5) is 5.82 Å². The van der Waals surface area contributed by atoms with E-state index in [2.05, 4.69) is 20.0 Å². The Balaban J connectivity index is 1.89. The van der Waals surface area contributed by atoms with Gasteiger partial charge < -0.3 is 9.80 Å². The molecule has 19 heavy (non-hydrogen) atoms.